The predicted octanol–water partition coefficient (Wildman–Crippen LogP) is 1.47. The van der Waals surface area contributed by atoms with Gasteiger partial charge >= 0.3 is 0 Å². The van der Waals surface area contributed by atoms with Crippen molar-refractivity contribution in [2.45, 2.75) is 56.6 Å². The molecule has 20 heavy (non-hydrogen) atoms. The van der Waals surface area contributed by atoms with E-state index in [0.29, 0.717) is 47.4 Å². The van der Waals surface area contributed by atoms with Crippen molar-refractivity contribution in [1.29, 1.82) is 0 Å². The lowest BCUT2D eigenvalue weighted by Crippen LogP contribution is -2.39. The van der Waals surface area contributed by atoms with Gasteiger partial charge in [0.05, 0.1) is 11.0 Å². The van der Waals surface area contributed by atoms with Crippen molar-refractivity contribution in [2.24, 2.45) is 0 Å². The number of sulfonamides is 1. The van der Waals surface area contributed by atoms with E-state index in [2.05, 4.69) is 4.72 Å². The molecule has 0 unspecified atom stereocenters. The molecule has 2 rings (SSSR count). The average molecular weight is 298 g/mol. The third kappa shape index (κ3) is 3.31. The zero-order chi connectivity index (χ0) is 14.9. The number of rotatable bonds is 3. The Hall–Kier alpha value is -1.11. The zero-order valence-electron chi connectivity index (χ0n) is 11.9. The largest absolute Gasteiger partial charge is 0.399 e. The molecule has 1 aromatic carbocycles. The predicted molar refractivity (Wildman–Crippen MR) is 78.9 cm³/mol. The third-order valence-corrected chi connectivity index (χ3v) is 5.59. The smallest absolute Gasteiger partial charge is 0.241 e. The summed E-state index contributed by atoms with van der Waals surface area (Å²) in [5.41, 5.74) is 7.61. The van der Waals surface area contributed by atoms with Gasteiger partial charge in [-0.15, -0.1) is 0 Å². The molecule has 1 aliphatic rings. The lowest BCUT2D eigenvalue weighted by molar-refractivity contribution is 0.120. The number of aliphatic hydroxyl groups is 1. The number of benzene rings is 1. The van der Waals surface area contributed by atoms with Gasteiger partial charge < -0.3 is 10.8 Å². The minimum absolute atomic E-state index is 0.0975. The van der Waals surface area contributed by atoms with Crippen LogP contribution in [0.4, 0.5) is 5.69 Å². The molecule has 0 bridgehead atoms. The second-order valence-corrected chi connectivity index (χ2v) is 7.26. The lowest BCUT2D eigenvalue weighted by atomic mass is 9.94. The molecular weight excluding hydrogens is 276 g/mol. The van der Waals surface area contributed by atoms with E-state index in [1.165, 1.54) is 0 Å². The summed E-state index contributed by atoms with van der Waals surface area (Å²) in [6.45, 7) is 3.51. The Balaban J connectivity index is 2.23. The van der Waals surface area contributed by atoms with Gasteiger partial charge in [0.25, 0.3) is 0 Å². The van der Waals surface area contributed by atoms with Crippen molar-refractivity contribution in [3.05, 3.63) is 23.3 Å². The second kappa shape index (κ2) is 5.71. The number of hydrogen-bond acceptors (Lipinski definition) is 4. The van der Waals surface area contributed by atoms with Crippen molar-refractivity contribution in [3.63, 3.8) is 0 Å². The molecule has 4 N–H and O–H groups in total. The van der Waals surface area contributed by atoms with E-state index in [-0.39, 0.29) is 12.1 Å². The van der Waals surface area contributed by atoms with Crippen molar-refractivity contribution >= 4 is 15.7 Å². The maximum Gasteiger partial charge on any atom is 0.241 e. The van der Waals surface area contributed by atoms with Crippen LogP contribution >= 0.6 is 0 Å². The molecule has 0 spiro atoms. The Kier molecular flexibility index (Phi) is 4.36. The fourth-order valence-electron chi connectivity index (χ4n) is 2.88. The van der Waals surface area contributed by atoms with Gasteiger partial charge in [0.15, 0.2) is 0 Å². The van der Waals surface area contributed by atoms with Crippen LogP contribution in [0.15, 0.2) is 17.0 Å². The topological polar surface area (TPSA) is 92.4 Å². The molecule has 0 saturated heterocycles. The van der Waals surface area contributed by atoms with E-state index in [1.807, 2.05) is 0 Å². The molecule has 1 saturated carbocycles. The van der Waals surface area contributed by atoms with E-state index in [1.54, 1.807) is 26.0 Å². The second-order valence-electron chi connectivity index (χ2n) is 5.61. The summed E-state index contributed by atoms with van der Waals surface area (Å²) in [7, 11) is -3.54. The summed E-state index contributed by atoms with van der Waals surface area (Å²) >= 11 is 0. The maximum absolute atomic E-state index is 12.5. The summed E-state index contributed by atoms with van der Waals surface area (Å²) in [6.07, 6.45) is 2.34. The van der Waals surface area contributed by atoms with Crippen LogP contribution in [0.2, 0.25) is 0 Å². The Labute approximate surface area is 120 Å². The lowest BCUT2D eigenvalue weighted by Gasteiger charge is -2.26. The number of nitrogens with two attached hydrogens (primary N) is 1. The molecule has 0 atom stereocenters. The average Bonchev–Trinajstić information content (AvgIpc) is 2.30. The Morgan fingerprint density at radius 3 is 2.15 bits per heavy atom. The molecule has 0 amide bonds. The fourth-order valence-corrected chi connectivity index (χ4v) is 4.64. The van der Waals surface area contributed by atoms with Gasteiger partial charge in [-0.1, -0.05) is 0 Å². The van der Waals surface area contributed by atoms with Gasteiger partial charge in [-0.2, -0.15) is 0 Å². The Bertz CT molecular complexity index is 567. The first-order chi connectivity index (χ1) is 9.29. The molecule has 0 heterocycles. The highest BCUT2D eigenvalue weighted by atomic mass is 32.2. The summed E-state index contributed by atoms with van der Waals surface area (Å²) in [5.74, 6) is 0. The van der Waals surface area contributed by atoms with Crippen LogP contribution in [0.25, 0.3) is 0 Å². The number of nitrogen functional groups attached to an aromatic ring is 1. The van der Waals surface area contributed by atoms with E-state index in [9.17, 15) is 13.5 Å². The molecule has 0 radical (unpaired) electrons. The summed E-state index contributed by atoms with van der Waals surface area (Å²) in [6, 6.07) is 3.25. The third-order valence-electron chi connectivity index (χ3n) is 3.77. The minimum Gasteiger partial charge on any atom is -0.399 e. The van der Waals surface area contributed by atoms with Gasteiger partial charge in [-0.25, -0.2) is 13.1 Å². The number of aryl methyl sites for hydroxylation is 2. The van der Waals surface area contributed by atoms with Crippen LogP contribution in [0.1, 0.15) is 36.8 Å². The molecule has 0 aromatic heterocycles. The zero-order valence-corrected chi connectivity index (χ0v) is 12.7. The summed E-state index contributed by atoms with van der Waals surface area (Å²) < 4.78 is 27.8. The molecule has 0 aliphatic heterocycles. The Morgan fingerprint density at radius 1 is 1.15 bits per heavy atom. The molecular formula is C14H22N2O3S. The van der Waals surface area contributed by atoms with Crippen LogP contribution in [0.3, 0.4) is 0 Å². The van der Waals surface area contributed by atoms with Gasteiger partial charge in [0, 0.05) is 11.7 Å². The normalized spacial score (nSPS) is 23.8. The highest BCUT2D eigenvalue weighted by molar-refractivity contribution is 7.89. The fraction of sp³-hybridized carbons (Fsp3) is 0.571. The van der Waals surface area contributed by atoms with E-state index >= 15 is 0 Å². The number of aliphatic hydroxyl groups excluding tert-OH is 1. The highest BCUT2D eigenvalue weighted by Crippen LogP contribution is 2.25. The summed E-state index contributed by atoms with van der Waals surface area (Å²) in [5, 5.41) is 9.47. The van der Waals surface area contributed by atoms with E-state index in [4.69, 9.17) is 5.73 Å². The minimum atomic E-state index is -3.54. The quantitative estimate of drug-likeness (QED) is 0.737. The van der Waals surface area contributed by atoms with Crippen LogP contribution in [0, 0.1) is 13.8 Å². The van der Waals surface area contributed by atoms with Gasteiger partial charge in [0.1, 0.15) is 0 Å². The van der Waals surface area contributed by atoms with Crippen LogP contribution in [0.5, 0.6) is 0 Å². The van der Waals surface area contributed by atoms with Crippen LogP contribution in [-0.2, 0) is 10.0 Å². The van der Waals surface area contributed by atoms with Crippen LogP contribution < -0.4 is 10.5 Å². The van der Waals surface area contributed by atoms with Crippen molar-refractivity contribution < 1.29 is 13.5 Å². The van der Waals surface area contributed by atoms with Crippen molar-refractivity contribution in [3.8, 4) is 0 Å². The SMILES string of the molecule is Cc1cc(N)cc(C)c1S(=O)(=O)NC1CCC(O)CC1. The number of nitrogens with one attached hydrogen (secondary N) is 1. The molecule has 1 aromatic rings. The Morgan fingerprint density at radius 2 is 1.65 bits per heavy atom. The number of anilines is 1. The first-order valence-electron chi connectivity index (χ1n) is 6.86. The first-order valence-corrected chi connectivity index (χ1v) is 8.35. The number of hydrogen-bond donors (Lipinski definition) is 3. The first kappa shape index (κ1) is 15.3. The summed E-state index contributed by atoms with van der Waals surface area (Å²) in [4.78, 5) is 0.317. The van der Waals surface area contributed by atoms with Crippen molar-refractivity contribution in [2.75, 3.05) is 5.73 Å². The molecule has 1 fully saturated rings. The van der Waals surface area contributed by atoms with Crippen LogP contribution in [-0.4, -0.2) is 25.7 Å². The van der Waals surface area contributed by atoms with E-state index in [0.717, 1.165) is 0 Å². The van der Waals surface area contributed by atoms with Crippen molar-refractivity contribution in [1.82, 2.24) is 4.72 Å². The monoisotopic (exact) mass is 298 g/mol. The molecule has 5 nitrogen and oxygen atoms in total. The van der Waals surface area contributed by atoms with Gasteiger partial charge in [-0.3, -0.25) is 0 Å². The van der Waals surface area contributed by atoms with E-state index < -0.39 is 10.0 Å². The molecule has 6 heteroatoms. The highest BCUT2D eigenvalue weighted by Gasteiger charge is 2.26. The molecule has 112 valence electrons. The van der Waals surface area contributed by atoms with Gasteiger partial charge in [-0.05, 0) is 62.8 Å². The molecule has 1 aliphatic carbocycles. The maximum atomic E-state index is 12.5. The standard InChI is InChI=1S/C14H22N2O3S/c1-9-7-11(15)8-10(2)14(9)20(18,19)16-12-3-5-13(17)6-4-12/h7-8,12-13,16-17H,3-6,15H2,1-2H3. The van der Waals surface area contributed by atoms with Gasteiger partial charge in [0.2, 0.25) is 10.0 Å².